The maximum Gasteiger partial charge on any atom is 0.470 e. The summed E-state index contributed by atoms with van der Waals surface area (Å²) in [7, 11) is -5.97. The molecule has 0 bridgehead atoms. The fourth-order valence-corrected chi connectivity index (χ4v) is 9.86. The first-order chi connectivity index (χ1) is 34.4. The highest BCUT2D eigenvalue weighted by Gasteiger charge is 2.58. The molecule has 6 N–H and O–H groups in total. The lowest BCUT2D eigenvalue weighted by Gasteiger charge is -2.49. The zero-order valence-electron chi connectivity index (χ0n) is 41.9. The number of methoxy groups -OCH3 is 7. The summed E-state index contributed by atoms with van der Waals surface area (Å²) in [4.78, 5) is 60.5. The summed E-state index contributed by atoms with van der Waals surface area (Å²) >= 11 is 1.28. The Morgan fingerprint density at radius 3 is 0.722 bits per heavy atom. The first-order valence-corrected chi connectivity index (χ1v) is 28.5. The van der Waals surface area contributed by atoms with Crippen LogP contribution in [-0.4, -0.2) is 283 Å². The Bertz CT molecular complexity index is 1420. The molecule has 430 valence electrons. The van der Waals surface area contributed by atoms with Crippen LogP contribution in [0.2, 0.25) is 0 Å². The summed E-state index contributed by atoms with van der Waals surface area (Å²) in [5.74, 6) is 0.419. The van der Waals surface area contributed by atoms with Gasteiger partial charge in [0.05, 0.1) is 119 Å². The number of phosphoric ester groups is 3. The van der Waals surface area contributed by atoms with Gasteiger partial charge in [-0.1, -0.05) is 0 Å². The van der Waals surface area contributed by atoms with Crippen molar-refractivity contribution in [3.05, 3.63) is 0 Å². The predicted molar refractivity (Wildman–Crippen MR) is 250 cm³/mol. The lowest BCUT2D eigenvalue weighted by atomic mass is 9.84. The van der Waals surface area contributed by atoms with Crippen LogP contribution in [0.5, 0.6) is 0 Å². The van der Waals surface area contributed by atoms with Gasteiger partial charge in [-0.2, -0.15) is 11.8 Å². The number of hydrogen-bond acceptors (Lipinski definition) is 24. The summed E-state index contributed by atoms with van der Waals surface area (Å²) in [6.45, 7) is 1.66. The van der Waals surface area contributed by atoms with Crippen molar-refractivity contribution in [3.63, 3.8) is 0 Å². The summed E-state index contributed by atoms with van der Waals surface area (Å²) in [6, 6.07) is 0. The van der Waals surface area contributed by atoms with Crippen LogP contribution in [0.3, 0.4) is 0 Å². The normalized spacial score (nSPS) is 27.5. The van der Waals surface area contributed by atoms with E-state index in [1.54, 1.807) is 0 Å². The lowest BCUT2D eigenvalue weighted by molar-refractivity contribution is -0.263. The van der Waals surface area contributed by atoms with Gasteiger partial charge in [0.25, 0.3) is 0 Å². The van der Waals surface area contributed by atoms with Crippen LogP contribution >= 0.6 is 35.2 Å². The molecule has 0 radical (unpaired) electrons. The molecule has 2 saturated carbocycles. The molecule has 0 unspecified atom stereocenters. The van der Waals surface area contributed by atoms with Crippen molar-refractivity contribution < 1.29 is 137 Å². The Labute approximate surface area is 424 Å². The van der Waals surface area contributed by atoms with Gasteiger partial charge in [0.15, 0.2) is 0 Å². The van der Waals surface area contributed by atoms with E-state index in [0.29, 0.717) is 13.2 Å². The van der Waals surface area contributed by atoms with Crippen molar-refractivity contribution in [3.8, 4) is 0 Å². The van der Waals surface area contributed by atoms with Crippen molar-refractivity contribution in [2.24, 2.45) is 0 Å². The fourth-order valence-electron chi connectivity index (χ4n) is 7.56. The highest BCUT2D eigenvalue weighted by molar-refractivity contribution is 7.99. The van der Waals surface area contributed by atoms with Crippen LogP contribution < -0.4 is 0 Å². The van der Waals surface area contributed by atoms with E-state index in [0.717, 1.165) is 0 Å². The largest absolute Gasteiger partial charge is 0.470 e. The first-order valence-electron chi connectivity index (χ1n) is 22.8. The second-order valence-corrected chi connectivity index (χ2v) is 20.1. The minimum absolute atomic E-state index is 0.000780. The van der Waals surface area contributed by atoms with Gasteiger partial charge in [0, 0.05) is 61.3 Å². The standard InChI is InChI=1S/C39H79O29P3S/c1-49-8-12-56-16-20-60-32-28(53-5)31(29(54-6)33(37(32)66-69(40,41)42)61-21-17-57-13-9-50-2)64-24-26-72-27-25-65-36-38(67-70(43,44)45)34(62-22-18-58-14-10-51-3)30(55-7)35(39(36)68-71(46,47)48)63-23-19-59-15-11-52-4/h28-39H,8-27H2,1-7H3,(H2,40,41,42)(H2,43,44,45)(H2,46,47,48)/t28-,29+,30-,31+,32+,33-,34-,35+,36+,37-,38+,39-. The Morgan fingerprint density at radius 1 is 0.292 bits per heavy atom. The maximum absolute atomic E-state index is 12.5. The lowest BCUT2D eigenvalue weighted by Crippen LogP contribution is -2.67. The molecular formula is C39H79O29P3S. The van der Waals surface area contributed by atoms with E-state index < -0.39 is 96.7 Å². The maximum atomic E-state index is 12.5. The van der Waals surface area contributed by atoms with Gasteiger partial charge >= 0.3 is 23.5 Å². The van der Waals surface area contributed by atoms with Gasteiger partial charge in [0.2, 0.25) is 0 Å². The molecule has 0 heterocycles. The molecule has 0 saturated heterocycles. The van der Waals surface area contributed by atoms with Gasteiger partial charge in [0.1, 0.15) is 73.2 Å². The second-order valence-electron chi connectivity index (χ2n) is 15.3. The van der Waals surface area contributed by atoms with Crippen molar-refractivity contribution in [1.82, 2.24) is 0 Å². The third-order valence-electron chi connectivity index (χ3n) is 10.4. The van der Waals surface area contributed by atoms with Gasteiger partial charge in [-0.25, -0.2) is 13.7 Å². The fraction of sp³-hybridized carbons (Fsp3) is 1.00. The SMILES string of the molecule is COCCOCCO[C@@H]1[C@@H](OC)[C@H](OCCOCCOC)[C@@H](OP(=O)(O)O)[C@@H](OCCSCCO[C@H]2[C@@H](OC)[C@H](OCCOCCOC)[C@@H](OP(=O)(O)O)[C@H](OCCOCCOC)[C@H]2OC)[C@H]1OP(=O)(O)O. The zero-order chi connectivity index (χ0) is 53.4. The van der Waals surface area contributed by atoms with E-state index in [-0.39, 0.29) is 117 Å². The van der Waals surface area contributed by atoms with Crippen molar-refractivity contribution >= 4 is 35.2 Å². The molecule has 12 atom stereocenters. The highest BCUT2D eigenvalue weighted by atomic mass is 32.2. The van der Waals surface area contributed by atoms with E-state index in [2.05, 4.69) is 0 Å². The molecule has 0 aromatic rings. The average Bonchev–Trinajstić information content (AvgIpc) is 3.31. The van der Waals surface area contributed by atoms with Crippen LogP contribution in [0.1, 0.15) is 0 Å². The van der Waals surface area contributed by atoms with E-state index in [9.17, 15) is 43.1 Å². The second kappa shape index (κ2) is 38.5. The third-order valence-corrected chi connectivity index (χ3v) is 12.9. The Balaban J connectivity index is 2.37. The topological polar surface area (TPSA) is 357 Å². The molecule has 33 heteroatoms. The van der Waals surface area contributed by atoms with E-state index in [1.807, 2.05) is 0 Å². The third kappa shape index (κ3) is 27.0. The van der Waals surface area contributed by atoms with Gasteiger partial charge in [-0.15, -0.1) is 0 Å². The van der Waals surface area contributed by atoms with Crippen LogP contribution in [0.25, 0.3) is 0 Å². The Morgan fingerprint density at radius 2 is 0.500 bits per heavy atom. The first kappa shape index (κ1) is 68.1. The molecule has 0 spiro atoms. The highest BCUT2D eigenvalue weighted by Crippen LogP contribution is 2.48. The predicted octanol–water partition coefficient (Wildman–Crippen LogP) is -0.811. The molecule has 0 aromatic carbocycles. The average molecular weight is 1140 g/mol. The molecule has 0 amide bonds. The van der Waals surface area contributed by atoms with Crippen LogP contribution in [0.4, 0.5) is 0 Å². The number of rotatable bonds is 45. The Kier molecular flexibility index (Phi) is 36.5. The number of hydrogen-bond donors (Lipinski definition) is 6. The quantitative estimate of drug-likeness (QED) is 0.0321. The van der Waals surface area contributed by atoms with Crippen molar-refractivity contribution in [2.45, 2.75) is 73.2 Å². The van der Waals surface area contributed by atoms with E-state index >= 15 is 0 Å². The smallest absolute Gasteiger partial charge is 0.382 e. The van der Waals surface area contributed by atoms with Gasteiger partial charge < -0.3 is 110 Å². The molecule has 2 aliphatic rings. The molecule has 0 aromatic heterocycles. The van der Waals surface area contributed by atoms with Crippen molar-refractivity contribution in [2.75, 3.05) is 180 Å². The van der Waals surface area contributed by atoms with E-state index in [1.165, 1.54) is 61.5 Å². The molecule has 0 aliphatic heterocycles. The minimum atomic E-state index is -5.38. The molecule has 2 aliphatic carbocycles. The minimum Gasteiger partial charge on any atom is -0.382 e. The molecule has 2 fully saturated rings. The number of ether oxygens (including phenoxy) is 17. The molecule has 72 heavy (non-hydrogen) atoms. The molecule has 29 nitrogen and oxygen atoms in total. The van der Waals surface area contributed by atoms with Gasteiger partial charge in [-0.3, -0.25) is 13.6 Å². The molecule has 2 rings (SSSR count). The van der Waals surface area contributed by atoms with E-state index in [4.69, 9.17) is 94.1 Å². The van der Waals surface area contributed by atoms with Crippen LogP contribution in [-0.2, 0) is 108 Å². The zero-order valence-corrected chi connectivity index (χ0v) is 45.4. The summed E-state index contributed by atoms with van der Waals surface area (Å²) in [5.41, 5.74) is 0. The van der Waals surface area contributed by atoms with Gasteiger partial charge in [-0.05, 0) is 0 Å². The number of thioether (sulfide) groups is 1. The number of phosphoric acid groups is 3. The molecular weight excluding hydrogens is 1060 g/mol. The monoisotopic (exact) mass is 1140 g/mol. The summed E-state index contributed by atoms with van der Waals surface area (Å²) in [6.07, 6.45) is -16.2. The van der Waals surface area contributed by atoms with Crippen molar-refractivity contribution in [1.29, 1.82) is 0 Å². The summed E-state index contributed by atoms with van der Waals surface area (Å²) < 4.78 is 150. The van der Waals surface area contributed by atoms with Crippen LogP contribution in [0, 0.1) is 0 Å². The Hall–Kier alpha value is -0.000000000000000153. The van der Waals surface area contributed by atoms with Crippen LogP contribution in [0.15, 0.2) is 0 Å². The summed E-state index contributed by atoms with van der Waals surface area (Å²) in [5, 5.41) is 0.